The highest BCUT2D eigenvalue weighted by atomic mass is 16.3. The lowest BCUT2D eigenvalue weighted by atomic mass is 10.0. The maximum atomic E-state index is 11.8. The van der Waals surface area contributed by atoms with Crippen molar-refractivity contribution >= 4 is 5.91 Å². The number of nitrogens with zero attached hydrogens (tertiary/aromatic N) is 1. The summed E-state index contributed by atoms with van der Waals surface area (Å²) in [6, 6.07) is 3.53. The Balaban J connectivity index is 2.54. The monoisotopic (exact) mass is 210 g/mol. The van der Waals surface area contributed by atoms with E-state index >= 15 is 0 Å². The van der Waals surface area contributed by atoms with Crippen molar-refractivity contribution in [3.63, 3.8) is 0 Å². The lowest BCUT2D eigenvalue weighted by Gasteiger charge is -2.22. The average Bonchev–Trinajstić information content (AvgIpc) is 2.67. The normalized spacial score (nSPS) is 14.7. The Morgan fingerprint density at radius 2 is 2.27 bits per heavy atom. The minimum atomic E-state index is -0.162. The second kappa shape index (κ2) is 4.98. The molecule has 1 rings (SSSR count). The van der Waals surface area contributed by atoms with Gasteiger partial charge in [-0.15, -0.1) is 0 Å². The van der Waals surface area contributed by atoms with E-state index in [9.17, 15) is 4.79 Å². The van der Waals surface area contributed by atoms with Crippen LogP contribution in [0.2, 0.25) is 0 Å². The molecule has 4 heteroatoms. The molecule has 1 aromatic rings. The number of carbonyl (C=O) groups excluding carboxylic acids is 1. The van der Waals surface area contributed by atoms with Crippen LogP contribution in [0.3, 0.4) is 0 Å². The third kappa shape index (κ3) is 3.09. The van der Waals surface area contributed by atoms with E-state index in [1.165, 1.54) is 0 Å². The quantitative estimate of drug-likeness (QED) is 0.813. The van der Waals surface area contributed by atoms with Gasteiger partial charge < -0.3 is 15.1 Å². The number of carbonyl (C=O) groups is 1. The van der Waals surface area contributed by atoms with Gasteiger partial charge in [0, 0.05) is 13.1 Å². The van der Waals surface area contributed by atoms with Crippen LogP contribution >= 0.6 is 0 Å². The summed E-state index contributed by atoms with van der Waals surface area (Å²) in [4.78, 5) is 13.4. The van der Waals surface area contributed by atoms with E-state index in [1.54, 1.807) is 18.2 Å². The lowest BCUT2D eigenvalue weighted by molar-refractivity contribution is -0.134. The van der Waals surface area contributed by atoms with Crippen LogP contribution in [0.5, 0.6) is 0 Å². The Morgan fingerprint density at radius 3 is 2.73 bits per heavy atom. The molecule has 2 N–H and O–H groups in total. The van der Waals surface area contributed by atoms with Gasteiger partial charge in [0.2, 0.25) is 5.91 Å². The summed E-state index contributed by atoms with van der Waals surface area (Å²) in [5, 5.41) is 0. The van der Waals surface area contributed by atoms with Crippen molar-refractivity contribution in [2.75, 3.05) is 7.05 Å². The Hall–Kier alpha value is -1.29. The highest BCUT2D eigenvalue weighted by molar-refractivity contribution is 5.78. The van der Waals surface area contributed by atoms with Gasteiger partial charge in [-0.25, -0.2) is 0 Å². The minimum Gasteiger partial charge on any atom is -0.467 e. The molecule has 15 heavy (non-hydrogen) atoms. The summed E-state index contributed by atoms with van der Waals surface area (Å²) >= 11 is 0. The number of furan rings is 1. The smallest absolute Gasteiger partial charge is 0.227 e. The van der Waals surface area contributed by atoms with E-state index in [4.69, 9.17) is 10.2 Å². The molecule has 0 bridgehead atoms. The van der Waals surface area contributed by atoms with Gasteiger partial charge in [-0.05, 0) is 19.1 Å². The highest BCUT2D eigenvalue weighted by Crippen LogP contribution is 2.09. The third-order valence-electron chi connectivity index (χ3n) is 2.53. The van der Waals surface area contributed by atoms with E-state index in [2.05, 4.69) is 0 Å². The summed E-state index contributed by atoms with van der Waals surface area (Å²) in [5.41, 5.74) is 5.68. The van der Waals surface area contributed by atoms with Crippen LogP contribution in [-0.4, -0.2) is 23.9 Å². The zero-order valence-electron chi connectivity index (χ0n) is 9.43. The maximum Gasteiger partial charge on any atom is 0.227 e. The molecule has 1 amide bonds. The van der Waals surface area contributed by atoms with Gasteiger partial charge in [0.1, 0.15) is 5.76 Å². The fourth-order valence-corrected chi connectivity index (χ4v) is 1.29. The van der Waals surface area contributed by atoms with E-state index < -0.39 is 0 Å². The molecular weight excluding hydrogens is 192 g/mol. The van der Waals surface area contributed by atoms with E-state index in [-0.39, 0.29) is 17.9 Å². The molecule has 1 aromatic heterocycles. The maximum absolute atomic E-state index is 11.8. The zero-order valence-corrected chi connectivity index (χ0v) is 9.43. The van der Waals surface area contributed by atoms with E-state index in [1.807, 2.05) is 26.0 Å². The Labute approximate surface area is 90.0 Å². The van der Waals surface area contributed by atoms with Crippen LogP contribution in [0.25, 0.3) is 0 Å². The first-order chi connectivity index (χ1) is 7.02. The summed E-state index contributed by atoms with van der Waals surface area (Å²) < 4.78 is 5.17. The Kier molecular flexibility index (Phi) is 3.91. The summed E-state index contributed by atoms with van der Waals surface area (Å²) in [6.07, 6.45) is 1.60. The molecule has 0 spiro atoms. The van der Waals surface area contributed by atoms with Crippen molar-refractivity contribution in [2.45, 2.75) is 26.4 Å². The van der Waals surface area contributed by atoms with Crippen LogP contribution in [-0.2, 0) is 11.3 Å². The van der Waals surface area contributed by atoms with Gasteiger partial charge in [-0.3, -0.25) is 4.79 Å². The molecule has 84 valence electrons. The lowest BCUT2D eigenvalue weighted by Crippen LogP contribution is -2.39. The second-order valence-corrected chi connectivity index (χ2v) is 3.92. The Bertz CT molecular complexity index is 306. The standard InChI is InChI=1S/C11H18N2O2/c1-8(9(2)12)11(14)13(3)7-10-5-4-6-15-10/h4-6,8-9H,7,12H2,1-3H3. The molecule has 0 radical (unpaired) electrons. The molecule has 0 aromatic carbocycles. The molecule has 0 aliphatic carbocycles. The van der Waals surface area contributed by atoms with Crippen LogP contribution < -0.4 is 5.73 Å². The van der Waals surface area contributed by atoms with Gasteiger partial charge in [-0.1, -0.05) is 6.92 Å². The molecule has 0 fully saturated rings. The number of hydrogen-bond acceptors (Lipinski definition) is 3. The molecule has 1 heterocycles. The molecule has 4 nitrogen and oxygen atoms in total. The SMILES string of the molecule is CC(N)C(C)C(=O)N(C)Cc1ccco1. The van der Waals surface area contributed by atoms with Crippen molar-refractivity contribution in [1.29, 1.82) is 0 Å². The first-order valence-corrected chi connectivity index (χ1v) is 5.05. The number of nitrogens with two attached hydrogens (primary N) is 1. The van der Waals surface area contributed by atoms with Crippen molar-refractivity contribution in [1.82, 2.24) is 4.90 Å². The molecule has 2 atom stereocenters. The molecule has 0 aliphatic heterocycles. The largest absolute Gasteiger partial charge is 0.467 e. The van der Waals surface area contributed by atoms with Gasteiger partial charge in [0.15, 0.2) is 0 Å². The van der Waals surface area contributed by atoms with Gasteiger partial charge in [0.25, 0.3) is 0 Å². The topological polar surface area (TPSA) is 59.5 Å². The van der Waals surface area contributed by atoms with Gasteiger partial charge >= 0.3 is 0 Å². The van der Waals surface area contributed by atoms with Crippen LogP contribution in [0.15, 0.2) is 22.8 Å². The molecule has 0 aliphatic rings. The molecule has 2 unspecified atom stereocenters. The fourth-order valence-electron chi connectivity index (χ4n) is 1.29. The average molecular weight is 210 g/mol. The van der Waals surface area contributed by atoms with Gasteiger partial charge in [0.05, 0.1) is 18.7 Å². The van der Waals surface area contributed by atoms with Crippen molar-refractivity contribution < 1.29 is 9.21 Å². The van der Waals surface area contributed by atoms with Crippen LogP contribution in [0, 0.1) is 5.92 Å². The number of hydrogen-bond donors (Lipinski definition) is 1. The van der Waals surface area contributed by atoms with Gasteiger partial charge in [-0.2, -0.15) is 0 Å². The Morgan fingerprint density at radius 1 is 1.60 bits per heavy atom. The number of rotatable bonds is 4. The molecule has 0 saturated heterocycles. The van der Waals surface area contributed by atoms with Crippen LogP contribution in [0.4, 0.5) is 0 Å². The molecular formula is C11H18N2O2. The highest BCUT2D eigenvalue weighted by Gasteiger charge is 2.21. The summed E-state index contributed by atoms with van der Waals surface area (Å²) in [6.45, 7) is 4.16. The first kappa shape index (κ1) is 11.8. The van der Waals surface area contributed by atoms with Crippen molar-refractivity contribution in [2.24, 2.45) is 11.7 Å². The number of amides is 1. The predicted octanol–water partition coefficient (Wildman–Crippen LogP) is 1.22. The summed E-state index contributed by atoms with van der Waals surface area (Å²) in [5.74, 6) is 0.661. The summed E-state index contributed by atoms with van der Waals surface area (Å²) in [7, 11) is 1.75. The fraction of sp³-hybridized carbons (Fsp3) is 0.545. The third-order valence-corrected chi connectivity index (χ3v) is 2.53. The predicted molar refractivity (Wildman–Crippen MR) is 58.0 cm³/mol. The first-order valence-electron chi connectivity index (χ1n) is 5.05. The second-order valence-electron chi connectivity index (χ2n) is 3.92. The van der Waals surface area contributed by atoms with Crippen molar-refractivity contribution in [3.8, 4) is 0 Å². The van der Waals surface area contributed by atoms with Crippen molar-refractivity contribution in [3.05, 3.63) is 24.2 Å². The van der Waals surface area contributed by atoms with E-state index in [0.717, 1.165) is 5.76 Å². The van der Waals surface area contributed by atoms with Crippen LogP contribution in [0.1, 0.15) is 19.6 Å². The minimum absolute atomic E-state index is 0.0430. The molecule has 0 saturated carbocycles. The van der Waals surface area contributed by atoms with E-state index in [0.29, 0.717) is 6.54 Å². The zero-order chi connectivity index (χ0) is 11.4.